The van der Waals surface area contributed by atoms with Crippen LogP contribution in [0.5, 0.6) is 0 Å². The summed E-state index contributed by atoms with van der Waals surface area (Å²) in [7, 11) is 0. The van der Waals surface area contributed by atoms with E-state index in [2.05, 4.69) is 15.5 Å². The van der Waals surface area contributed by atoms with Crippen molar-refractivity contribution in [3.05, 3.63) is 11.7 Å². The molecule has 0 bridgehead atoms. The highest BCUT2D eigenvalue weighted by Gasteiger charge is 2.12. The van der Waals surface area contributed by atoms with Crippen molar-refractivity contribution in [2.75, 3.05) is 6.54 Å². The number of aliphatic hydroxyl groups excluding tert-OH is 1. The predicted molar refractivity (Wildman–Crippen MR) is 75.2 cm³/mol. The lowest BCUT2D eigenvalue weighted by Crippen LogP contribution is -2.29. The van der Waals surface area contributed by atoms with Gasteiger partial charge in [0.15, 0.2) is 5.82 Å². The lowest BCUT2D eigenvalue weighted by atomic mass is 10.0. The first-order valence-corrected chi connectivity index (χ1v) is 7.15. The lowest BCUT2D eigenvalue weighted by molar-refractivity contribution is -0.121. The molecule has 0 aromatic carbocycles. The van der Waals surface area contributed by atoms with Crippen molar-refractivity contribution in [2.24, 2.45) is 5.92 Å². The van der Waals surface area contributed by atoms with Crippen molar-refractivity contribution in [2.45, 2.75) is 59.0 Å². The molecule has 0 spiro atoms. The highest BCUT2D eigenvalue weighted by atomic mass is 16.5. The normalized spacial score (nSPS) is 14.3. The molecule has 2 unspecified atom stereocenters. The Morgan fingerprint density at radius 2 is 2.05 bits per heavy atom. The van der Waals surface area contributed by atoms with Crippen LogP contribution < -0.4 is 5.32 Å². The van der Waals surface area contributed by atoms with Gasteiger partial charge in [0.2, 0.25) is 11.8 Å². The van der Waals surface area contributed by atoms with E-state index in [4.69, 9.17) is 4.52 Å². The minimum Gasteiger partial charge on any atom is -0.393 e. The van der Waals surface area contributed by atoms with E-state index in [0.29, 0.717) is 37.5 Å². The van der Waals surface area contributed by atoms with Gasteiger partial charge in [-0.3, -0.25) is 4.79 Å². The Kier molecular flexibility index (Phi) is 6.64. The smallest absolute Gasteiger partial charge is 0.227 e. The molecule has 2 N–H and O–H groups in total. The molecule has 0 aliphatic carbocycles. The Hall–Kier alpha value is -1.43. The molecule has 0 saturated carbocycles. The van der Waals surface area contributed by atoms with Gasteiger partial charge in [0.05, 0.1) is 6.10 Å². The lowest BCUT2D eigenvalue weighted by Gasteiger charge is -2.13. The van der Waals surface area contributed by atoms with Gasteiger partial charge in [-0.1, -0.05) is 25.9 Å². The standard InChI is InChI=1S/C14H25N3O3/c1-9(2)14-16-13(20-17-14)6-5-12(19)15-8-10(3)7-11(4)18/h9-11,18H,5-8H2,1-4H3,(H,15,19). The Balaban J connectivity index is 2.25. The molecule has 1 aromatic heterocycles. The maximum Gasteiger partial charge on any atom is 0.227 e. The van der Waals surface area contributed by atoms with E-state index in [1.54, 1.807) is 6.92 Å². The molecule has 1 heterocycles. The summed E-state index contributed by atoms with van der Waals surface area (Å²) in [6.45, 7) is 8.31. The second-order valence-corrected chi connectivity index (χ2v) is 5.69. The number of aliphatic hydroxyl groups is 1. The van der Waals surface area contributed by atoms with Crippen molar-refractivity contribution >= 4 is 5.91 Å². The van der Waals surface area contributed by atoms with Gasteiger partial charge >= 0.3 is 0 Å². The first kappa shape index (κ1) is 16.6. The summed E-state index contributed by atoms with van der Waals surface area (Å²) in [4.78, 5) is 15.9. The van der Waals surface area contributed by atoms with E-state index in [0.717, 1.165) is 0 Å². The third-order valence-electron chi connectivity index (χ3n) is 2.96. The first-order valence-electron chi connectivity index (χ1n) is 7.15. The van der Waals surface area contributed by atoms with Crippen LogP contribution in [0.1, 0.15) is 58.2 Å². The van der Waals surface area contributed by atoms with Gasteiger partial charge < -0.3 is 14.9 Å². The number of nitrogens with one attached hydrogen (secondary N) is 1. The number of amides is 1. The molecular formula is C14H25N3O3. The SMILES string of the molecule is CC(O)CC(C)CNC(=O)CCc1nc(C(C)C)no1. The molecule has 0 fully saturated rings. The molecule has 2 atom stereocenters. The average Bonchev–Trinajstić information content (AvgIpc) is 2.82. The van der Waals surface area contributed by atoms with Crippen molar-refractivity contribution in [3.63, 3.8) is 0 Å². The topological polar surface area (TPSA) is 88.2 Å². The van der Waals surface area contributed by atoms with Gasteiger partial charge in [-0.15, -0.1) is 0 Å². The average molecular weight is 283 g/mol. The maximum absolute atomic E-state index is 11.7. The second-order valence-electron chi connectivity index (χ2n) is 5.69. The molecule has 6 nitrogen and oxygen atoms in total. The minimum absolute atomic E-state index is 0.0354. The number of aryl methyl sites for hydroxylation is 1. The van der Waals surface area contributed by atoms with Gasteiger partial charge in [-0.25, -0.2) is 0 Å². The molecule has 1 amide bonds. The van der Waals surface area contributed by atoms with Crippen LogP contribution in [0.15, 0.2) is 4.52 Å². The van der Waals surface area contributed by atoms with Gasteiger partial charge in [-0.05, 0) is 19.3 Å². The van der Waals surface area contributed by atoms with Crippen LogP contribution in [0.25, 0.3) is 0 Å². The fraction of sp³-hybridized carbons (Fsp3) is 0.786. The zero-order valence-corrected chi connectivity index (χ0v) is 12.7. The van der Waals surface area contributed by atoms with E-state index in [-0.39, 0.29) is 23.8 Å². The Labute approximate surface area is 120 Å². The number of carbonyl (C=O) groups is 1. The van der Waals surface area contributed by atoms with Crippen LogP contribution in [0.2, 0.25) is 0 Å². The Bertz CT molecular complexity index is 416. The number of aromatic nitrogens is 2. The molecule has 1 rings (SSSR count). The second kappa shape index (κ2) is 7.99. The van der Waals surface area contributed by atoms with Gasteiger partial charge in [0.1, 0.15) is 0 Å². The Morgan fingerprint density at radius 1 is 1.35 bits per heavy atom. The molecule has 0 saturated heterocycles. The maximum atomic E-state index is 11.7. The summed E-state index contributed by atoms with van der Waals surface area (Å²) in [5.74, 6) is 1.62. The van der Waals surface area contributed by atoms with Crippen LogP contribution in [0, 0.1) is 5.92 Å². The van der Waals surface area contributed by atoms with Gasteiger partial charge in [-0.2, -0.15) is 4.98 Å². The molecule has 114 valence electrons. The minimum atomic E-state index is -0.338. The Morgan fingerprint density at radius 3 is 2.60 bits per heavy atom. The summed E-state index contributed by atoms with van der Waals surface area (Å²) in [5, 5.41) is 15.9. The molecule has 20 heavy (non-hydrogen) atoms. The number of carbonyl (C=O) groups excluding carboxylic acids is 1. The summed E-state index contributed by atoms with van der Waals surface area (Å²) in [6.07, 6.45) is 1.13. The van der Waals surface area contributed by atoms with Crippen LogP contribution >= 0.6 is 0 Å². The quantitative estimate of drug-likeness (QED) is 0.757. The van der Waals surface area contributed by atoms with Crippen molar-refractivity contribution in [1.29, 1.82) is 0 Å². The first-order chi connectivity index (χ1) is 9.38. The van der Waals surface area contributed by atoms with Crippen LogP contribution in [-0.4, -0.2) is 33.8 Å². The molecule has 0 aliphatic rings. The van der Waals surface area contributed by atoms with Gasteiger partial charge in [0.25, 0.3) is 0 Å². The van der Waals surface area contributed by atoms with Crippen molar-refractivity contribution in [1.82, 2.24) is 15.5 Å². The number of hydrogen-bond donors (Lipinski definition) is 2. The molecule has 0 aliphatic heterocycles. The zero-order chi connectivity index (χ0) is 15.1. The number of rotatable bonds is 8. The zero-order valence-electron chi connectivity index (χ0n) is 12.7. The summed E-state index contributed by atoms with van der Waals surface area (Å²) in [5.41, 5.74) is 0. The summed E-state index contributed by atoms with van der Waals surface area (Å²) in [6, 6.07) is 0. The van der Waals surface area contributed by atoms with Gasteiger partial charge in [0, 0.05) is 25.3 Å². The molecular weight excluding hydrogens is 258 g/mol. The third kappa shape index (κ3) is 6.14. The fourth-order valence-corrected chi connectivity index (χ4v) is 1.87. The van der Waals surface area contributed by atoms with E-state index >= 15 is 0 Å². The summed E-state index contributed by atoms with van der Waals surface area (Å²) >= 11 is 0. The molecule has 0 radical (unpaired) electrons. The fourth-order valence-electron chi connectivity index (χ4n) is 1.87. The predicted octanol–water partition coefficient (Wildman–Crippen LogP) is 1.65. The van der Waals surface area contributed by atoms with Crippen molar-refractivity contribution < 1.29 is 14.4 Å². The van der Waals surface area contributed by atoms with E-state index in [1.165, 1.54) is 0 Å². The molecule has 6 heteroatoms. The number of nitrogens with zero attached hydrogens (tertiary/aromatic N) is 2. The third-order valence-corrected chi connectivity index (χ3v) is 2.96. The number of hydrogen-bond acceptors (Lipinski definition) is 5. The van der Waals surface area contributed by atoms with Crippen molar-refractivity contribution in [3.8, 4) is 0 Å². The highest BCUT2D eigenvalue weighted by molar-refractivity contribution is 5.75. The largest absolute Gasteiger partial charge is 0.393 e. The monoisotopic (exact) mass is 283 g/mol. The van der Waals surface area contributed by atoms with Crippen LogP contribution in [0.4, 0.5) is 0 Å². The van der Waals surface area contributed by atoms with Crippen LogP contribution in [-0.2, 0) is 11.2 Å². The van der Waals surface area contributed by atoms with Crippen LogP contribution in [0.3, 0.4) is 0 Å². The molecule has 1 aromatic rings. The summed E-state index contributed by atoms with van der Waals surface area (Å²) < 4.78 is 5.08. The van der Waals surface area contributed by atoms with E-state index in [9.17, 15) is 9.90 Å². The highest BCUT2D eigenvalue weighted by Crippen LogP contribution is 2.10. The van der Waals surface area contributed by atoms with E-state index in [1.807, 2.05) is 20.8 Å². The van der Waals surface area contributed by atoms with E-state index < -0.39 is 0 Å².